The van der Waals surface area contributed by atoms with E-state index in [1.165, 1.54) is 0 Å². The first-order valence-corrected chi connectivity index (χ1v) is 44.2. The molecule has 28 aromatic rings. The predicted molar refractivity (Wildman–Crippen MR) is 549 cm³/mol. The van der Waals surface area contributed by atoms with Gasteiger partial charge in [0.15, 0.2) is 0 Å². The van der Waals surface area contributed by atoms with Crippen LogP contribution < -0.4 is 0 Å². The molecule has 22 aromatic carbocycles. The molecule has 0 atom stereocenters. The monoisotopic (exact) mass is 1690 g/mol. The topological polar surface area (TPSA) is 26.3 Å². The van der Waals surface area contributed by atoms with E-state index >= 15 is 0 Å². The van der Waals surface area contributed by atoms with Gasteiger partial charge in [-0.3, -0.25) is 0 Å². The summed E-state index contributed by atoms with van der Waals surface area (Å²) in [5, 5.41) is 14.5. The molecule has 0 aliphatic rings. The molecule has 0 bridgehead atoms. The zero-order valence-electron chi connectivity index (χ0n) is 90.0. The van der Waals surface area contributed by atoms with Crippen LogP contribution in [0.5, 0.6) is 0 Å². The van der Waals surface area contributed by atoms with Gasteiger partial charge in [0, 0.05) is 119 Å². The van der Waals surface area contributed by atoms with Crippen LogP contribution in [0.2, 0.25) is 0 Å². The Morgan fingerprint density at radius 3 is 0.849 bits per heavy atom. The van der Waals surface area contributed by atoms with Gasteiger partial charge in [-0.25, -0.2) is 0 Å². The Bertz CT molecular complexity index is 10500. The molecule has 0 unspecified atom stereocenters. The van der Waals surface area contributed by atoms with Crippen molar-refractivity contribution >= 4 is 235 Å². The number of hydrogen-bond acceptors (Lipinski definition) is 6. The van der Waals surface area contributed by atoms with Crippen LogP contribution >= 0.6 is 45.3 Å². The molecule has 126 heavy (non-hydrogen) atoms. The van der Waals surface area contributed by atoms with Crippen LogP contribution in [-0.2, 0) is 0 Å². The van der Waals surface area contributed by atoms with Gasteiger partial charge in [0.2, 0.25) is 0 Å². The normalized spacial score (nSPS) is 14.6. The Kier molecular flexibility index (Phi) is 12.2. The summed E-state index contributed by atoms with van der Waals surface area (Å²) in [6, 6.07) is 81.7. The molecule has 6 aromatic heterocycles. The van der Waals surface area contributed by atoms with Gasteiger partial charge in [0.05, 0.1) is 32.9 Å². The second-order valence-electron chi connectivity index (χ2n) is 31.1. The van der Waals surface area contributed by atoms with Crippen molar-refractivity contribution in [1.82, 2.24) is 0 Å². The van der Waals surface area contributed by atoms with E-state index in [0.29, 0.717) is 77.9 Å². The van der Waals surface area contributed by atoms with Crippen molar-refractivity contribution in [3.63, 3.8) is 0 Å². The third-order valence-electron chi connectivity index (χ3n) is 24.4. The van der Waals surface area contributed by atoms with Gasteiger partial charge in [-0.15, -0.1) is 45.3 Å². The third-order valence-corrected chi connectivity index (χ3v) is 29.1. The fourth-order valence-corrected chi connectivity index (χ4v) is 23.6. The summed E-state index contributed by atoms with van der Waals surface area (Å²) in [7, 11) is 0. The van der Waals surface area contributed by atoms with Crippen LogP contribution in [0.15, 0.2) is 433 Å². The van der Waals surface area contributed by atoms with Crippen molar-refractivity contribution in [3.8, 4) is 77.9 Å². The van der Waals surface area contributed by atoms with Crippen molar-refractivity contribution in [2.45, 2.75) is 0 Å². The largest absolute Gasteiger partial charge is 0.456 e. The maximum atomic E-state index is 9.37. The average Bonchev–Trinajstić information content (AvgIpc) is 0.867. The van der Waals surface area contributed by atoms with Crippen LogP contribution in [0.4, 0.5) is 0 Å². The summed E-state index contributed by atoms with van der Waals surface area (Å²) in [5.74, 6) is 0. The predicted octanol–water partition coefficient (Wildman–Crippen LogP) is 36.9. The van der Waals surface area contributed by atoms with Crippen LogP contribution in [0.25, 0.3) is 267 Å². The van der Waals surface area contributed by atoms with Crippen molar-refractivity contribution in [3.05, 3.63) is 424 Å². The van der Waals surface area contributed by atoms with E-state index in [9.17, 15) is 16.4 Å². The minimum absolute atomic E-state index is 0.181. The molecule has 0 saturated carbocycles. The lowest BCUT2D eigenvalue weighted by Crippen LogP contribution is -1.91. The Morgan fingerprint density at radius 1 is 0.167 bits per heavy atom. The summed E-state index contributed by atoms with van der Waals surface area (Å²) in [6.07, 6.45) is 0. The van der Waals surface area contributed by atoms with Gasteiger partial charge >= 0.3 is 0 Å². The lowest BCUT2D eigenvalue weighted by atomic mass is 9.85. The van der Waals surface area contributed by atoms with Crippen LogP contribution in [-0.4, -0.2) is 0 Å². The Balaban J connectivity index is 0.000000114. The summed E-state index contributed by atoms with van der Waals surface area (Å²) in [6.45, 7) is 0. The van der Waals surface area contributed by atoms with E-state index in [0.717, 1.165) is 125 Å². The molecule has 0 aliphatic heterocycles. The summed E-state index contributed by atoms with van der Waals surface area (Å²) >= 11 is 6.31. The molecule has 0 N–H and O–H groups in total. The molecule has 0 spiro atoms. The van der Waals surface area contributed by atoms with Crippen LogP contribution in [0, 0.1) is 0 Å². The maximum absolute atomic E-state index is 9.37. The zero-order chi connectivity index (χ0) is 103. The van der Waals surface area contributed by atoms with E-state index in [4.69, 9.17) is 25.3 Å². The van der Waals surface area contributed by atoms with Crippen molar-refractivity contribution in [2.24, 2.45) is 0 Å². The van der Waals surface area contributed by atoms with E-state index < -0.39 is 72.5 Å². The summed E-state index contributed by atoms with van der Waals surface area (Å²) < 4.78 is 237. The second kappa shape index (κ2) is 29.3. The highest BCUT2D eigenvalue weighted by atomic mass is 32.1. The molecule has 6 heterocycles. The number of furan rings is 2. The first-order valence-electron chi connectivity index (χ1n) is 52.9. The number of benzene rings is 22. The average molecular weight is 1700 g/mol. The molecule has 28 rings (SSSR count). The fourth-order valence-electron chi connectivity index (χ4n) is 18.9. The second-order valence-corrected chi connectivity index (χ2v) is 35.4. The van der Waals surface area contributed by atoms with Gasteiger partial charge < -0.3 is 8.83 Å². The number of para-hydroxylation sites is 3. The van der Waals surface area contributed by atoms with Crippen molar-refractivity contribution in [2.75, 3.05) is 0 Å². The molecule has 2 nitrogen and oxygen atoms in total. The van der Waals surface area contributed by atoms with E-state index in [2.05, 4.69) is 18.2 Å². The Morgan fingerprint density at radius 2 is 0.437 bits per heavy atom. The van der Waals surface area contributed by atoms with E-state index in [-0.39, 0.29) is 137 Å². The molecular weight excluding hydrogens is 1600 g/mol. The number of thiophene rings is 4. The van der Waals surface area contributed by atoms with Crippen molar-refractivity contribution in [1.29, 1.82) is 0 Å². The molecule has 6 heteroatoms. The Hall–Kier alpha value is -15.1. The van der Waals surface area contributed by atoms with Gasteiger partial charge in [-0.2, -0.15) is 0 Å². The minimum Gasteiger partial charge on any atom is -0.456 e. The van der Waals surface area contributed by atoms with Crippen LogP contribution in [0.3, 0.4) is 0 Å². The quantitative estimate of drug-likeness (QED) is 0.149. The smallest absolute Gasteiger partial charge is 0.143 e. The lowest BCUT2D eigenvalue weighted by Gasteiger charge is -2.18. The minimum atomic E-state index is -0.426. The van der Waals surface area contributed by atoms with E-state index in [1.54, 1.807) is 51.4 Å². The van der Waals surface area contributed by atoms with Gasteiger partial charge in [-0.1, -0.05) is 363 Å². The first kappa shape index (κ1) is 52.4. The molecule has 0 fully saturated rings. The zero-order valence-corrected chi connectivity index (χ0v) is 69.3. The van der Waals surface area contributed by atoms with Gasteiger partial charge in [0.25, 0.3) is 0 Å². The molecule has 0 saturated heterocycles. The highest BCUT2D eigenvalue weighted by Crippen LogP contribution is 2.53. The number of hydrogen-bond donors (Lipinski definition) is 0. The SMILES string of the molecule is [2H]c1c([2H])c([2H])c2c(-c3ccc4c(c3)sc3ccccc34)c3c([2H])c([2H])c([2H])c([2H])c3c(-c3ccc4c(c3)oc3ccccc34)c2c1[2H].[2H]c1c([2H])c([2H])c2c(-c3cccc4c3sc3ccccc34)c3c([2H])c([2H])c([2H])c([2H])c3c(-c3ccc(-c4cccc5c4oc4ccccc45)cc3)c2c1[2H].[2H]c1c([2H])c([2H])c2c(-c3cccc4c3sc3ccccc34)c3c([2H])c([2H])c([2H])c([2H])c3c(-c3ccc4c(c3)sc3ccccc34)c2c1[2H]. The summed E-state index contributed by atoms with van der Waals surface area (Å²) in [4.78, 5) is 0. The van der Waals surface area contributed by atoms with Crippen molar-refractivity contribution < 1.29 is 41.7 Å². The molecule has 0 radical (unpaired) electrons. The van der Waals surface area contributed by atoms with Crippen LogP contribution in [0.1, 0.15) is 32.9 Å². The molecule has 0 aliphatic carbocycles. The number of rotatable bonds is 7. The molecule has 0 amide bonds. The molecule has 586 valence electrons. The van der Waals surface area contributed by atoms with E-state index in [1.807, 2.05) is 255 Å². The summed E-state index contributed by atoms with van der Waals surface area (Å²) in [5.41, 5.74) is 10.1. The molecular formula is C120H70O2S4. The highest BCUT2D eigenvalue weighted by molar-refractivity contribution is 7.27. The Labute approximate surface area is 773 Å². The first-order chi connectivity index (χ1) is 72.5. The van der Waals surface area contributed by atoms with Gasteiger partial charge in [-0.05, 0) is 186 Å². The maximum Gasteiger partial charge on any atom is 0.143 e. The standard InChI is InChI=1S/C44H26OS.C38H22OS.C38H22S2/c1-3-15-34-32(13-1)41(28-25-23-27(24-26-28)29-17-9-18-36-30-11-5-7-21-39(30)45-43(29)36)33-14-2-4-16-35(33)42(34)38-20-10-19-37-31-12-6-8-22-40(31)46-44(37)38;1-3-13-31-29(11-1)37(23-17-19-26-25-9-5-7-15-33(25)39-34(26)21-23)30-12-2-4-14-32(30)38(31)24-18-20-28-27-10-6-8-16-35(27)40-36(28)22-24;1-3-14-29-27(12-1)36(23-20-21-26-24-10-5-7-18-33(24)39-35(26)22-23)28-13-2-4-15-30(28)37(29)32-17-9-16-31-25-11-6-8-19-34(25)40-38(31)32/h1-26H;2*1-22H/i1D,2D,3D,4D,13D,14D,15D,16D;1D,2D,3D,4D,11D,12D,13D,14D;1D,2D,3D,4D,12D,13D,14D,15D. The van der Waals surface area contributed by atoms with Gasteiger partial charge in [0.1, 0.15) is 22.3 Å². The third kappa shape index (κ3) is 11.5. The lowest BCUT2D eigenvalue weighted by molar-refractivity contribution is 0.669. The highest BCUT2D eigenvalue weighted by Gasteiger charge is 2.25. The fraction of sp³-hybridized carbons (Fsp3) is 0. The number of fused-ring (bicyclic) bond motifs is 24.